The second kappa shape index (κ2) is 8.16. The van der Waals surface area contributed by atoms with Crippen molar-refractivity contribution in [1.82, 2.24) is 0 Å². The molecule has 0 aliphatic carbocycles. The molecule has 1 unspecified atom stereocenters. The molecule has 2 N–H and O–H groups in total. The van der Waals surface area contributed by atoms with E-state index in [0.717, 1.165) is 31.4 Å². The van der Waals surface area contributed by atoms with Crippen LogP contribution in [0.25, 0.3) is 0 Å². The van der Waals surface area contributed by atoms with Gasteiger partial charge in [0.1, 0.15) is 5.82 Å². The Morgan fingerprint density at radius 2 is 2.00 bits per heavy atom. The van der Waals surface area contributed by atoms with E-state index in [9.17, 15) is 4.39 Å². The number of anilines is 1. The minimum absolute atomic E-state index is 0.118. The molecular weight excluding hydrogens is 239 g/mol. The molecule has 2 nitrogen and oxygen atoms in total. The van der Waals surface area contributed by atoms with Gasteiger partial charge < -0.3 is 10.6 Å². The Balaban J connectivity index is 2.65. The summed E-state index contributed by atoms with van der Waals surface area (Å²) in [7, 11) is 1.95. The van der Waals surface area contributed by atoms with Crippen molar-refractivity contribution in [2.24, 2.45) is 5.73 Å². The first-order valence-corrected chi connectivity index (χ1v) is 7.33. The van der Waals surface area contributed by atoms with E-state index in [4.69, 9.17) is 5.73 Å². The van der Waals surface area contributed by atoms with E-state index in [0.29, 0.717) is 5.69 Å². The molecule has 0 amide bonds. The van der Waals surface area contributed by atoms with Gasteiger partial charge in [0.05, 0.1) is 5.69 Å². The van der Waals surface area contributed by atoms with Crippen LogP contribution in [0.15, 0.2) is 18.2 Å². The zero-order chi connectivity index (χ0) is 14.3. The molecule has 0 fully saturated rings. The standard InChI is InChI=1S/C16H27FN2/c1-4-6-7-10-19(3)16-9-8-13(12-15(16)17)11-14(18)5-2/h8-9,12,14H,4-7,10-11,18H2,1-3H3. The van der Waals surface area contributed by atoms with Gasteiger partial charge in [-0.15, -0.1) is 0 Å². The average molecular weight is 266 g/mol. The van der Waals surface area contributed by atoms with Crippen LogP contribution in [0.4, 0.5) is 10.1 Å². The third kappa shape index (κ3) is 5.19. The number of benzene rings is 1. The van der Waals surface area contributed by atoms with Crippen LogP contribution in [0.3, 0.4) is 0 Å². The molecule has 0 aliphatic rings. The van der Waals surface area contributed by atoms with Crippen molar-refractivity contribution in [3.63, 3.8) is 0 Å². The van der Waals surface area contributed by atoms with Crippen LogP contribution in [-0.2, 0) is 6.42 Å². The van der Waals surface area contributed by atoms with Crippen molar-refractivity contribution in [2.45, 2.75) is 52.0 Å². The van der Waals surface area contributed by atoms with Crippen LogP contribution < -0.4 is 10.6 Å². The lowest BCUT2D eigenvalue weighted by atomic mass is 10.0. The van der Waals surface area contributed by atoms with Gasteiger partial charge in [-0.05, 0) is 37.0 Å². The molecule has 0 aromatic heterocycles. The molecule has 3 heteroatoms. The number of hydrogen-bond donors (Lipinski definition) is 1. The number of halogens is 1. The number of rotatable bonds is 8. The Labute approximate surface area is 116 Å². The molecule has 0 spiro atoms. The molecule has 0 saturated heterocycles. The highest BCUT2D eigenvalue weighted by atomic mass is 19.1. The van der Waals surface area contributed by atoms with Crippen molar-refractivity contribution in [3.8, 4) is 0 Å². The van der Waals surface area contributed by atoms with E-state index < -0.39 is 0 Å². The van der Waals surface area contributed by atoms with Gasteiger partial charge in [-0.3, -0.25) is 0 Å². The van der Waals surface area contributed by atoms with Gasteiger partial charge in [0.15, 0.2) is 0 Å². The van der Waals surface area contributed by atoms with E-state index in [2.05, 4.69) is 13.8 Å². The van der Waals surface area contributed by atoms with E-state index in [1.807, 2.05) is 24.1 Å². The lowest BCUT2D eigenvalue weighted by molar-refractivity contribution is 0.607. The minimum Gasteiger partial charge on any atom is -0.372 e. The van der Waals surface area contributed by atoms with Crippen molar-refractivity contribution >= 4 is 5.69 Å². The molecule has 0 bridgehead atoms. The second-order valence-corrected chi connectivity index (χ2v) is 5.29. The summed E-state index contributed by atoms with van der Waals surface area (Å²) >= 11 is 0. The molecule has 108 valence electrons. The summed E-state index contributed by atoms with van der Waals surface area (Å²) in [5.41, 5.74) is 7.57. The highest BCUT2D eigenvalue weighted by molar-refractivity contribution is 5.48. The van der Waals surface area contributed by atoms with Crippen LogP contribution in [0.5, 0.6) is 0 Å². The fraction of sp³-hybridized carbons (Fsp3) is 0.625. The summed E-state index contributed by atoms with van der Waals surface area (Å²) in [5, 5.41) is 0. The zero-order valence-corrected chi connectivity index (χ0v) is 12.5. The van der Waals surface area contributed by atoms with Crippen LogP contribution in [0, 0.1) is 5.82 Å². The molecule has 0 heterocycles. The first-order chi connectivity index (χ1) is 9.08. The Kier molecular flexibility index (Phi) is 6.85. The smallest absolute Gasteiger partial charge is 0.146 e. The number of nitrogens with two attached hydrogens (primary N) is 1. The van der Waals surface area contributed by atoms with E-state index in [-0.39, 0.29) is 11.9 Å². The first-order valence-electron chi connectivity index (χ1n) is 7.33. The maximum Gasteiger partial charge on any atom is 0.146 e. The Hall–Kier alpha value is -1.09. The van der Waals surface area contributed by atoms with E-state index >= 15 is 0 Å². The quantitative estimate of drug-likeness (QED) is 0.726. The number of hydrogen-bond acceptors (Lipinski definition) is 2. The molecule has 1 aromatic rings. The topological polar surface area (TPSA) is 29.3 Å². The lowest BCUT2D eigenvalue weighted by Gasteiger charge is -2.20. The largest absolute Gasteiger partial charge is 0.372 e. The van der Waals surface area contributed by atoms with Crippen molar-refractivity contribution in [2.75, 3.05) is 18.5 Å². The van der Waals surface area contributed by atoms with Gasteiger partial charge in [-0.25, -0.2) is 4.39 Å². The SMILES string of the molecule is CCCCCN(C)c1ccc(CC(N)CC)cc1F. The summed E-state index contributed by atoms with van der Waals surface area (Å²) in [6.07, 6.45) is 5.14. The third-order valence-corrected chi connectivity index (χ3v) is 3.54. The Morgan fingerprint density at radius 3 is 2.58 bits per heavy atom. The number of nitrogens with zero attached hydrogens (tertiary/aromatic N) is 1. The van der Waals surface area contributed by atoms with Gasteiger partial charge in [0.25, 0.3) is 0 Å². The Morgan fingerprint density at radius 1 is 1.26 bits per heavy atom. The minimum atomic E-state index is -0.139. The van der Waals surface area contributed by atoms with Crippen LogP contribution in [-0.4, -0.2) is 19.6 Å². The summed E-state index contributed by atoms with van der Waals surface area (Å²) in [6, 6.07) is 5.61. The molecule has 0 saturated carbocycles. The highest BCUT2D eigenvalue weighted by Gasteiger charge is 2.09. The molecule has 1 rings (SSSR count). The van der Waals surface area contributed by atoms with Gasteiger partial charge in [0.2, 0.25) is 0 Å². The Bertz CT molecular complexity index is 379. The van der Waals surface area contributed by atoms with E-state index in [1.54, 1.807) is 6.07 Å². The zero-order valence-electron chi connectivity index (χ0n) is 12.5. The normalized spacial score (nSPS) is 12.5. The van der Waals surface area contributed by atoms with Crippen LogP contribution in [0.1, 0.15) is 45.1 Å². The average Bonchev–Trinajstić information content (AvgIpc) is 2.38. The molecule has 1 aromatic carbocycles. The first kappa shape index (κ1) is 16.0. The third-order valence-electron chi connectivity index (χ3n) is 3.54. The fourth-order valence-corrected chi connectivity index (χ4v) is 2.15. The number of unbranched alkanes of at least 4 members (excludes halogenated alkanes) is 2. The summed E-state index contributed by atoms with van der Waals surface area (Å²) in [5.74, 6) is -0.139. The molecule has 0 radical (unpaired) electrons. The lowest BCUT2D eigenvalue weighted by Crippen LogP contribution is -2.22. The van der Waals surface area contributed by atoms with Crippen molar-refractivity contribution in [3.05, 3.63) is 29.6 Å². The van der Waals surface area contributed by atoms with Crippen LogP contribution in [0.2, 0.25) is 0 Å². The van der Waals surface area contributed by atoms with Gasteiger partial charge >= 0.3 is 0 Å². The molecular formula is C16H27FN2. The van der Waals surface area contributed by atoms with Crippen molar-refractivity contribution < 1.29 is 4.39 Å². The molecule has 19 heavy (non-hydrogen) atoms. The fourth-order valence-electron chi connectivity index (χ4n) is 2.15. The summed E-state index contributed by atoms with van der Waals surface area (Å²) < 4.78 is 14.1. The maximum atomic E-state index is 14.1. The second-order valence-electron chi connectivity index (χ2n) is 5.29. The predicted octanol–water partition coefficient (Wildman–Crippen LogP) is 3.73. The monoisotopic (exact) mass is 266 g/mol. The van der Waals surface area contributed by atoms with Gasteiger partial charge in [0, 0.05) is 19.6 Å². The predicted molar refractivity (Wildman–Crippen MR) is 81.2 cm³/mol. The van der Waals surface area contributed by atoms with Gasteiger partial charge in [-0.2, -0.15) is 0 Å². The van der Waals surface area contributed by atoms with Crippen LogP contribution >= 0.6 is 0 Å². The van der Waals surface area contributed by atoms with Gasteiger partial charge in [-0.1, -0.05) is 32.8 Å². The van der Waals surface area contributed by atoms with Crippen molar-refractivity contribution in [1.29, 1.82) is 0 Å². The maximum absolute atomic E-state index is 14.1. The highest BCUT2D eigenvalue weighted by Crippen LogP contribution is 2.20. The molecule has 1 atom stereocenters. The summed E-state index contributed by atoms with van der Waals surface area (Å²) in [4.78, 5) is 1.99. The molecule has 0 aliphatic heterocycles. The van der Waals surface area contributed by atoms with E-state index in [1.165, 1.54) is 12.8 Å². The summed E-state index contributed by atoms with van der Waals surface area (Å²) in [6.45, 7) is 5.13.